The van der Waals surface area contributed by atoms with Crippen LogP contribution in [0.4, 0.5) is 5.69 Å². The Kier molecular flexibility index (Phi) is 5.45. The fourth-order valence-corrected chi connectivity index (χ4v) is 2.25. The molecule has 0 saturated heterocycles. The lowest BCUT2D eigenvalue weighted by Crippen LogP contribution is -2.00. The van der Waals surface area contributed by atoms with E-state index in [1.54, 1.807) is 39.9 Å². The van der Waals surface area contributed by atoms with Crippen LogP contribution in [0.25, 0.3) is 16.8 Å². The van der Waals surface area contributed by atoms with Crippen molar-refractivity contribution in [1.29, 1.82) is 0 Å². The van der Waals surface area contributed by atoms with Crippen molar-refractivity contribution in [3.05, 3.63) is 49.2 Å². The van der Waals surface area contributed by atoms with Gasteiger partial charge in [0, 0.05) is 25.0 Å². The first kappa shape index (κ1) is 18.5. The molecule has 4 rings (SSSR count). The summed E-state index contributed by atoms with van der Waals surface area (Å²) in [6.07, 6.45) is 8.72. The number of nitrogens with two attached hydrogens (primary N) is 1. The SMILES string of the molecule is Cl.Cl.Cn1cc(-c2cn3nccc3c(Oc3ncccc3N)n2)cn1. The van der Waals surface area contributed by atoms with Gasteiger partial charge in [0.05, 0.1) is 30.0 Å². The monoisotopic (exact) mass is 379 g/mol. The maximum atomic E-state index is 5.89. The molecule has 0 atom stereocenters. The number of nitrogens with zero attached hydrogens (tertiary/aromatic N) is 6. The van der Waals surface area contributed by atoms with Gasteiger partial charge < -0.3 is 10.5 Å². The molecule has 0 saturated carbocycles. The smallest absolute Gasteiger partial charge is 0.248 e. The summed E-state index contributed by atoms with van der Waals surface area (Å²) >= 11 is 0. The Morgan fingerprint density at radius 1 is 1.04 bits per heavy atom. The van der Waals surface area contributed by atoms with E-state index in [1.807, 2.05) is 25.5 Å². The quantitative estimate of drug-likeness (QED) is 0.587. The van der Waals surface area contributed by atoms with Gasteiger partial charge in [-0.3, -0.25) is 4.68 Å². The van der Waals surface area contributed by atoms with Gasteiger partial charge in [-0.05, 0) is 18.2 Å². The third-order valence-electron chi connectivity index (χ3n) is 3.35. The van der Waals surface area contributed by atoms with Crippen molar-refractivity contribution < 1.29 is 4.74 Å². The lowest BCUT2D eigenvalue weighted by atomic mass is 10.2. The number of aromatic nitrogens is 6. The maximum absolute atomic E-state index is 5.89. The average molecular weight is 380 g/mol. The predicted octanol–water partition coefficient (Wildman–Crippen LogP) is 2.74. The molecule has 0 fully saturated rings. The number of ether oxygens (including phenoxy) is 1. The number of hydrogen-bond acceptors (Lipinski definition) is 6. The summed E-state index contributed by atoms with van der Waals surface area (Å²) in [5.74, 6) is 0.695. The number of halogens is 2. The molecule has 10 heteroatoms. The highest BCUT2D eigenvalue weighted by atomic mass is 35.5. The Labute approximate surface area is 155 Å². The molecule has 0 aliphatic heterocycles. The zero-order chi connectivity index (χ0) is 15.8. The van der Waals surface area contributed by atoms with Gasteiger partial charge in [-0.1, -0.05) is 0 Å². The van der Waals surface area contributed by atoms with Gasteiger partial charge in [0.2, 0.25) is 11.8 Å². The highest BCUT2D eigenvalue weighted by Gasteiger charge is 2.13. The minimum absolute atomic E-state index is 0. The zero-order valence-electron chi connectivity index (χ0n) is 13.1. The van der Waals surface area contributed by atoms with Crippen LogP contribution in [-0.2, 0) is 7.05 Å². The molecule has 2 N–H and O–H groups in total. The van der Waals surface area contributed by atoms with E-state index in [2.05, 4.69) is 20.2 Å². The third-order valence-corrected chi connectivity index (χ3v) is 3.35. The van der Waals surface area contributed by atoms with Gasteiger partial charge in [-0.15, -0.1) is 24.8 Å². The van der Waals surface area contributed by atoms with Crippen LogP contribution >= 0.6 is 24.8 Å². The predicted molar refractivity (Wildman–Crippen MR) is 98.4 cm³/mol. The summed E-state index contributed by atoms with van der Waals surface area (Å²) < 4.78 is 9.22. The van der Waals surface area contributed by atoms with Gasteiger partial charge in [-0.2, -0.15) is 10.2 Å². The minimum Gasteiger partial charge on any atom is -0.416 e. The second-order valence-electron chi connectivity index (χ2n) is 4.99. The molecule has 8 nitrogen and oxygen atoms in total. The molecule has 0 radical (unpaired) electrons. The van der Waals surface area contributed by atoms with Crippen LogP contribution in [0.1, 0.15) is 0 Å². The molecule has 0 unspecified atom stereocenters. The summed E-state index contributed by atoms with van der Waals surface area (Å²) in [7, 11) is 1.85. The van der Waals surface area contributed by atoms with Crippen LogP contribution in [0.15, 0.2) is 49.2 Å². The van der Waals surface area contributed by atoms with Crippen LogP contribution in [-0.4, -0.2) is 29.4 Å². The normalized spacial score (nSPS) is 10.1. The van der Waals surface area contributed by atoms with Crippen LogP contribution in [0.5, 0.6) is 11.8 Å². The van der Waals surface area contributed by atoms with Crippen LogP contribution < -0.4 is 10.5 Å². The molecular weight excluding hydrogens is 365 g/mol. The van der Waals surface area contributed by atoms with Crippen molar-refractivity contribution in [2.24, 2.45) is 7.05 Å². The highest BCUT2D eigenvalue weighted by Crippen LogP contribution is 2.29. The molecule has 0 aliphatic rings. The van der Waals surface area contributed by atoms with Crippen LogP contribution in [0.2, 0.25) is 0 Å². The molecule has 130 valence electrons. The van der Waals surface area contributed by atoms with Gasteiger partial charge in [0.15, 0.2) is 0 Å². The van der Waals surface area contributed by atoms with Crippen molar-refractivity contribution in [1.82, 2.24) is 29.4 Å². The van der Waals surface area contributed by atoms with E-state index in [4.69, 9.17) is 10.5 Å². The Morgan fingerprint density at radius 2 is 1.88 bits per heavy atom. The number of rotatable bonds is 3. The van der Waals surface area contributed by atoms with Crippen molar-refractivity contribution in [2.75, 3.05) is 5.73 Å². The van der Waals surface area contributed by atoms with Crippen molar-refractivity contribution >= 4 is 36.0 Å². The van der Waals surface area contributed by atoms with E-state index in [-0.39, 0.29) is 24.8 Å². The van der Waals surface area contributed by atoms with Crippen LogP contribution in [0.3, 0.4) is 0 Å². The van der Waals surface area contributed by atoms with E-state index >= 15 is 0 Å². The lowest BCUT2D eigenvalue weighted by molar-refractivity contribution is 0.450. The fourth-order valence-electron chi connectivity index (χ4n) is 2.25. The minimum atomic E-state index is 0. The molecular formula is C15H15Cl2N7O. The number of fused-ring (bicyclic) bond motifs is 1. The third kappa shape index (κ3) is 3.49. The number of hydrogen-bond donors (Lipinski definition) is 1. The number of anilines is 1. The molecule has 4 aromatic heterocycles. The van der Waals surface area contributed by atoms with E-state index in [9.17, 15) is 0 Å². The van der Waals surface area contributed by atoms with E-state index in [1.165, 1.54) is 0 Å². The summed E-state index contributed by atoms with van der Waals surface area (Å²) in [5.41, 5.74) is 8.62. The van der Waals surface area contributed by atoms with E-state index < -0.39 is 0 Å². The molecule has 0 bridgehead atoms. The molecule has 0 aromatic carbocycles. The molecule has 25 heavy (non-hydrogen) atoms. The summed E-state index contributed by atoms with van der Waals surface area (Å²) in [6.45, 7) is 0. The van der Waals surface area contributed by atoms with E-state index in [0.717, 1.165) is 11.1 Å². The Hall–Kier alpha value is -2.84. The average Bonchev–Trinajstić information content (AvgIpc) is 3.18. The van der Waals surface area contributed by atoms with Crippen molar-refractivity contribution in [3.63, 3.8) is 0 Å². The van der Waals surface area contributed by atoms with Gasteiger partial charge in [0.25, 0.3) is 0 Å². The number of pyridine rings is 1. The lowest BCUT2D eigenvalue weighted by Gasteiger charge is -2.09. The summed E-state index contributed by atoms with van der Waals surface area (Å²) in [4.78, 5) is 8.70. The Bertz CT molecular complexity index is 998. The molecule has 4 aromatic rings. The Balaban J connectivity index is 0.00000113. The molecule has 0 spiro atoms. The highest BCUT2D eigenvalue weighted by molar-refractivity contribution is 5.85. The second kappa shape index (κ2) is 7.37. The summed E-state index contributed by atoms with van der Waals surface area (Å²) in [6, 6.07) is 5.28. The zero-order valence-corrected chi connectivity index (χ0v) is 14.7. The van der Waals surface area contributed by atoms with E-state index in [0.29, 0.717) is 23.1 Å². The summed E-state index contributed by atoms with van der Waals surface area (Å²) in [5, 5.41) is 8.42. The molecule has 0 amide bonds. The first-order valence-electron chi connectivity index (χ1n) is 6.92. The Morgan fingerprint density at radius 3 is 2.60 bits per heavy atom. The van der Waals surface area contributed by atoms with Gasteiger partial charge in [-0.25, -0.2) is 14.5 Å². The van der Waals surface area contributed by atoms with Crippen LogP contribution in [0, 0.1) is 0 Å². The van der Waals surface area contributed by atoms with Gasteiger partial charge in [0.1, 0.15) is 5.52 Å². The van der Waals surface area contributed by atoms with Crippen molar-refractivity contribution in [3.8, 4) is 23.0 Å². The molecule has 4 heterocycles. The number of nitrogen functional groups attached to an aromatic ring is 1. The largest absolute Gasteiger partial charge is 0.416 e. The first-order chi connectivity index (χ1) is 11.2. The fraction of sp³-hybridized carbons (Fsp3) is 0.0667. The van der Waals surface area contributed by atoms with Crippen molar-refractivity contribution in [2.45, 2.75) is 0 Å². The first-order valence-corrected chi connectivity index (χ1v) is 6.92. The molecule has 0 aliphatic carbocycles. The maximum Gasteiger partial charge on any atom is 0.248 e. The topological polar surface area (TPSA) is 96.2 Å². The van der Waals surface area contributed by atoms with Gasteiger partial charge >= 0.3 is 0 Å². The second-order valence-corrected chi connectivity index (χ2v) is 4.99. The number of aryl methyl sites for hydroxylation is 1. The standard InChI is InChI=1S/C15H13N7O.2ClH/c1-21-8-10(7-19-21)12-9-22-13(4-6-18-22)15(20-12)23-14-11(16)3-2-5-17-14;;/h2-9H,16H2,1H3;2*1H.